The van der Waals surface area contributed by atoms with Crippen LogP contribution >= 0.6 is 0 Å². The minimum absolute atomic E-state index is 0.159. The van der Waals surface area contributed by atoms with Crippen molar-refractivity contribution in [2.75, 3.05) is 6.61 Å². The van der Waals surface area contributed by atoms with Crippen molar-refractivity contribution in [1.29, 1.82) is 0 Å². The third-order valence-corrected chi connectivity index (χ3v) is 3.96. The Labute approximate surface area is 149 Å². The summed E-state index contributed by atoms with van der Waals surface area (Å²) in [6.07, 6.45) is 0.159. The molecule has 0 radical (unpaired) electrons. The Morgan fingerprint density at radius 2 is 1.88 bits per heavy atom. The van der Waals surface area contributed by atoms with Gasteiger partial charge in [-0.1, -0.05) is 24.3 Å². The van der Waals surface area contributed by atoms with Gasteiger partial charge >= 0.3 is 0 Å². The number of carbonyl (C=O) groups is 1. The SMILES string of the molecule is Cc1nnnn1-c1ccc(CC(=O)N[C@H](CO)c2ccc(F)cc2)cc1. The smallest absolute Gasteiger partial charge is 0.224 e. The summed E-state index contributed by atoms with van der Waals surface area (Å²) in [6, 6.07) is 12.4. The molecule has 0 aliphatic carbocycles. The van der Waals surface area contributed by atoms with Gasteiger partial charge in [-0.25, -0.2) is 4.39 Å². The fourth-order valence-electron chi connectivity index (χ4n) is 2.59. The highest BCUT2D eigenvalue weighted by Crippen LogP contribution is 2.14. The molecule has 0 aliphatic heterocycles. The zero-order chi connectivity index (χ0) is 18.5. The summed E-state index contributed by atoms with van der Waals surface area (Å²) >= 11 is 0. The molecule has 1 heterocycles. The molecule has 1 atom stereocenters. The van der Waals surface area contributed by atoms with Gasteiger partial charge in [0, 0.05) is 0 Å². The van der Waals surface area contributed by atoms with Crippen LogP contribution in [0.5, 0.6) is 0 Å². The Morgan fingerprint density at radius 3 is 2.46 bits per heavy atom. The normalized spacial score (nSPS) is 12.0. The number of hydrogen-bond donors (Lipinski definition) is 2. The van der Waals surface area contributed by atoms with Gasteiger partial charge in [0.05, 0.1) is 24.8 Å². The van der Waals surface area contributed by atoms with Crippen LogP contribution in [0.15, 0.2) is 48.5 Å². The van der Waals surface area contributed by atoms with E-state index in [1.165, 1.54) is 12.1 Å². The van der Waals surface area contributed by atoms with E-state index in [1.54, 1.807) is 23.7 Å². The Kier molecular flexibility index (Phi) is 5.33. The van der Waals surface area contributed by atoms with E-state index in [4.69, 9.17) is 0 Å². The van der Waals surface area contributed by atoms with Gasteiger partial charge in [0.1, 0.15) is 5.82 Å². The molecule has 0 bridgehead atoms. The summed E-state index contributed by atoms with van der Waals surface area (Å²) < 4.78 is 14.6. The summed E-state index contributed by atoms with van der Waals surface area (Å²) in [7, 11) is 0. The van der Waals surface area contributed by atoms with Crippen LogP contribution in [-0.4, -0.2) is 37.8 Å². The average Bonchev–Trinajstić information content (AvgIpc) is 3.07. The zero-order valence-electron chi connectivity index (χ0n) is 14.1. The number of aliphatic hydroxyl groups excluding tert-OH is 1. The number of aromatic nitrogens is 4. The lowest BCUT2D eigenvalue weighted by Crippen LogP contribution is -2.31. The Hall–Kier alpha value is -3.13. The highest BCUT2D eigenvalue weighted by Gasteiger charge is 2.14. The highest BCUT2D eigenvalue weighted by atomic mass is 19.1. The van der Waals surface area contributed by atoms with E-state index in [9.17, 15) is 14.3 Å². The predicted octanol–water partition coefficient (Wildman–Crippen LogP) is 1.50. The summed E-state index contributed by atoms with van der Waals surface area (Å²) in [5.41, 5.74) is 2.26. The van der Waals surface area contributed by atoms with E-state index in [1.807, 2.05) is 24.3 Å². The van der Waals surface area contributed by atoms with Crippen molar-refractivity contribution in [3.05, 3.63) is 71.3 Å². The number of carbonyl (C=O) groups excluding carboxylic acids is 1. The molecule has 0 unspecified atom stereocenters. The molecule has 26 heavy (non-hydrogen) atoms. The van der Waals surface area contributed by atoms with Gasteiger partial charge in [0.2, 0.25) is 5.91 Å². The first-order valence-corrected chi connectivity index (χ1v) is 8.07. The minimum atomic E-state index is -0.578. The Bertz CT molecular complexity index is 877. The molecule has 0 spiro atoms. The van der Waals surface area contributed by atoms with Crippen molar-refractivity contribution in [2.45, 2.75) is 19.4 Å². The number of rotatable bonds is 6. The third kappa shape index (κ3) is 4.09. The van der Waals surface area contributed by atoms with Crippen molar-refractivity contribution in [2.24, 2.45) is 0 Å². The largest absolute Gasteiger partial charge is 0.394 e. The van der Waals surface area contributed by atoms with E-state index in [0.717, 1.165) is 11.3 Å². The zero-order valence-corrected chi connectivity index (χ0v) is 14.1. The Balaban J connectivity index is 1.64. The molecular formula is C18H18FN5O2. The van der Waals surface area contributed by atoms with Gasteiger partial charge in [-0.15, -0.1) is 5.10 Å². The monoisotopic (exact) mass is 355 g/mol. The second-order valence-corrected chi connectivity index (χ2v) is 5.84. The number of halogens is 1. The van der Waals surface area contributed by atoms with Crippen molar-refractivity contribution in [3.63, 3.8) is 0 Å². The van der Waals surface area contributed by atoms with Gasteiger partial charge in [-0.3, -0.25) is 4.79 Å². The maximum atomic E-state index is 13.0. The summed E-state index contributed by atoms with van der Waals surface area (Å²) in [5, 5.41) is 23.6. The lowest BCUT2D eigenvalue weighted by molar-refractivity contribution is -0.121. The van der Waals surface area contributed by atoms with Crippen molar-refractivity contribution >= 4 is 5.91 Å². The molecule has 0 aliphatic rings. The fraction of sp³-hybridized carbons (Fsp3) is 0.222. The van der Waals surface area contributed by atoms with Crippen molar-refractivity contribution in [3.8, 4) is 5.69 Å². The number of hydrogen-bond acceptors (Lipinski definition) is 5. The molecule has 0 saturated heterocycles. The van der Waals surface area contributed by atoms with Crippen LogP contribution in [-0.2, 0) is 11.2 Å². The molecule has 134 valence electrons. The molecule has 0 fully saturated rings. The van der Waals surface area contributed by atoms with Crippen LogP contribution in [0.3, 0.4) is 0 Å². The fourth-order valence-corrected chi connectivity index (χ4v) is 2.59. The molecular weight excluding hydrogens is 337 g/mol. The van der Waals surface area contributed by atoms with E-state index in [0.29, 0.717) is 11.4 Å². The number of aryl methyl sites for hydroxylation is 1. The summed E-state index contributed by atoms with van der Waals surface area (Å²) in [5.74, 6) is 0.0648. The van der Waals surface area contributed by atoms with Gasteiger partial charge in [-0.05, 0) is 52.7 Å². The molecule has 3 aromatic rings. The van der Waals surface area contributed by atoms with Crippen LogP contribution in [0.25, 0.3) is 5.69 Å². The molecule has 0 saturated carbocycles. The molecule has 7 nitrogen and oxygen atoms in total. The molecule has 3 rings (SSSR count). The van der Waals surface area contributed by atoms with Gasteiger partial charge in [0.25, 0.3) is 0 Å². The molecule has 2 N–H and O–H groups in total. The first kappa shape index (κ1) is 17.7. The predicted molar refractivity (Wildman–Crippen MR) is 92.0 cm³/mol. The highest BCUT2D eigenvalue weighted by molar-refractivity contribution is 5.79. The quantitative estimate of drug-likeness (QED) is 0.699. The lowest BCUT2D eigenvalue weighted by atomic mass is 10.1. The molecule has 1 amide bonds. The number of nitrogens with zero attached hydrogens (tertiary/aromatic N) is 4. The van der Waals surface area contributed by atoms with Crippen molar-refractivity contribution < 1.29 is 14.3 Å². The van der Waals surface area contributed by atoms with Gasteiger partial charge < -0.3 is 10.4 Å². The van der Waals surface area contributed by atoms with Crippen LogP contribution in [0.2, 0.25) is 0 Å². The number of aliphatic hydroxyl groups is 1. The topological polar surface area (TPSA) is 92.9 Å². The maximum Gasteiger partial charge on any atom is 0.224 e. The molecule has 8 heteroatoms. The maximum absolute atomic E-state index is 13.0. The van der Waals surface area contributed by atoms with E-state index < -0.39 is 6.04 Å². The standard InChI is InChI=1S/C18H18FN5O2/c1-12-21-22-23-24(12)16-8-2-13(3-9-16)10-18(26)20-17(11-25)14-4-6-15(19)7-5-14/h2-9,17,25H,10-11H2,1H3,(H,20,26)/t17-/m1/s1. The minimum Gasteiger partial charge on any atom is -0.394 e. The van der Waals surface area contributed by atoms with Crippen LogP contribution < -0.4 is 5.32 Å². The first-order valence-electron chi connectivity index (χ1n) is 8.07. The van der Waals surface area contributed by atoms with Crippen molar-refractivity contribution in [1.82, 2.24) is 25.5 Å². The molecule has 2 aromatic carbocycles. The van der Waals surface area contributed by atoms with E-state index in [2.05, 4.69) is 20.8 Å². The van der Waals surface area contributed by atoms with Gasteiger partial charge in [0.15, 0.2) is 5.82 Å². The number of tetrazole rings is 1. The summed E-state index contributed by atoms with van der Waals surface area (Å²) in [4.78, 5) is 12.3. The van der Waals surface area contributed by atoms with Crippen LogP contribution in [0, 0.1) is 12.7 Å². The van der Waals surface area contributed by atoms with Crippen LogP contribution in [0.4, 0.5) is 4.39 Å². The van der Waals surface area contributed by atoms with E-state index >= 15 is 0 Å². The second-order valence-electron chi connectivity index (χ2n) is 5.84. The molecule has 1 aromatic heterocycles. The van der Waals surface area contributed by atoms with Gasteiger partial charge in [-0.2, -0.15) is 4.68 Å². The third-order valence-electron chi connectivity index (χ3n) is 3.96. The van der Waals surface area contributed by atoms with Crippen LogP contribution in [0.1, 0.15) is 23.0 Å². The average molecular weight is 355 g/mol. The first-order chi connectivity index (χ1) is 12.6. The summed E-state index contributed by atoms with van der Waals surface area (Å²) in [6.45, 7) is 1.53. The van der Waals surface area contributed by atoms with E-state index in [-0.39, 0.29) is 24.8 Å². The number of nitrogens with one attached hydrogen (secondary N) is 1. The Morgan fingerprint density at radius 1 is 1.19 bits per heavy atom. The number of benzene rings is 2. The number of amides is 1. The second kappa shape index (κ2) is 7.83. The lowest BCUT2D eigenvalue weighted by Gasteiger charge is -2.17.